The fraction of sp³-hybridized carbons (Fsp3) is 0.852. The number of hydrogen-bond donors (Lipinski definition) is 2. The molecule has 0 aromatic rings. The first kappa shape index (κ1) is 23.0. The molecule has 0 aliphatic heterocycles. The van der Waals surface area contributed by atoms with Crippen LogP contribution in [0.15, 0.2) is 11.6 Å². The van der Waals surface area contributed by atoms with Crippen LogP contribution in [-0.2, 0) is 9.59 Å². The maximum Gasteiger partial charge on any atom is 0.335 e. The molecule has 3 fully saturated rings. The van der Waals surface area contributed by atoms with Crippen LogP contribution in [-0.4, -0.2) is 27.6 Å². The first-order valence-electron chi connectivity index (χ1n) is 12.7. The predicted molar refractivity (Wildman–Crippen MR) is 121 cm³/mol. The summed E-state index contributed by atoms with van der Waals surface area (Å²) >= 11 is 0. The van der Waals surface area contributed by atoms with Gasteiger partial charge >= 0.3 is 5.97 Å². The van der Waals surface area contributed by atoms with Crippen molar-refractivity contribution in [3.05, 3.63) is 11.6 Å². The molecule has 2 N–H and O–H groups in total. The van der Waals surface area contributed by atoms with Crippen LogP contribution in [0.5, 0.6) is 0 Å². The van der Waals surface area contributed by atoms with Gasteiger partial charge in [0.1, 0.15) is 0 Å². The minimum atomic E-state index is -1.61. The number of hydrogen-bond acceptors (Lipinski definition) is 3. The van der Waals surface area contributed by atoms with Gasteiger partial charge in [0.05, 0.1) is 0 Å². The van der Waals surface area contributed by atoms with Gasteiger partial charge in [0.2, 0.25) is 0 Å². The zero-order chi connectivity index (χ0) is 22.6. The van der Waals surface area contributed by atoms with Crippen molar-refractivity contribution in [2.45, 2.75) is 104 Å². The number of allylic oxidation sites excluding steroid dienone is 1. The van der Waals surface area contributed by atoms with Crippen molar-refractivity contribution in [3.63, 3.8) is 0 Å². The highest BCUT2D eigenvalue weighted by atomic mass is 16.4. The topological polar surface area (TPSA) is 74.6 Å². The summed E-state index contributed by atoms with van der Waals surface area (Å²) < 4.78 is 0. The zero-order valence-corrected chi connectivity index (χ0v) is 20.0. The molecule has 0 aromatic heterocycles. The van der Waals surface area contributed by atoms with Crippen molar-refractivity contribution in [3.8, 4) is 0 Å². The minimum Gasteiger partial charge on any atom is -0.479 e. The normalized spacial score (nSPS) is 42.6. The maximum atomic E-state index is 12.0. The quantitative estimate of drug-likeness (QED) is 0.560. The largest absolute Gasteiger partial charge is 0.479 e. The molecular formula is C27H42O4. The van der Waals surface area contributed by atoms with E-state index in [1.54, 1.807) is 0 Å². The van der Waals surface area contributed by atoms with Crippen molar-refractivity contribution in [2.75, 3.05) is 0 Å². The number of carbonyl (C=O) groups is 2. The van der Waals surface area contributed by atoms with Crippen LogP contribution < -0.4 is 0 Å². The SMILES string of the molecule is C[C@H](CCCC(C)(O)C(=O)O)[C@H]1CC[C@H]2[C@@H]3CCC4=CC(=O)CC[C@]4(C)[C@H]3CC[C@]12C. The number of carboxylic acid groups (broad SMARTS) is 1. The molecule has 0 amide bonds. The van der Waals surface area contributed by atoms with E-state index in [9.17, 15) is 14.7 Å². The highest BCUT2D eigenvalue weighted by molar-refractivity contribution is 5.91. The standard InChI is InChI=1S/C27H42O4/c1-17(6-5-13-27(4,31)24(29)30)21-9-10-22-20-8-7-18-16-19(28)11-14-25(18,2)23(20)12-15-26(21,22)3/h16-17,20-23,31H,5-15H2,1-4H3,(H,29,30)/t17-,20+,21-,22+,23+,25+,26-,27?/m1/s1. The lowest BCUT2D eigenvalue weighted by atomic mass is 9.46. The smallest absolute Gasteiger partial charge is 0.335 e. The van der Waals surface area contributed by atoms with E-state index in [0.717, 1.165) is 49.9 Å². The van der Waals surface area contributed by atoms with Gasteiger partial charge in [0.15, 0.2) is 11.4 Å². The molecule has 4 nitrogen and oxygen atoms in total. The van der Waals surface area contributed by atoms with Gasteiger partial charge in [-0.25, -0.2) is 4.79 Å². The van der Waals surface area contributed by atoms with Crippen LogP contribution in [0.3, 0.4) is 0 Å². The summed E-state index contributed by atoms with van der Waals surface area (Å²) in [4.78, 5) is 23.2. The number of rotatable bonds is 6. The number of aliphatic hydroxyl groups is 1. The second-order valence-electron chi connectivity index (χ2n) is 12.1. The molecule has 0 saturated heterocycles. The molecule has 0 heterocycles. The van der Waals surface area contributed by atoms with Crippen LogP contribution >= 0.6 is 0 Å². The Balaban J connectivity index is 1.44. The van der Waals surface area contributed by atoms with Gasteiger partial charge in [-0.05, 0) is 111 Å². The van der Waals surface area contributed by atoms with Gasteiger partial charge < -0.3 is 10.2 Å². The van der Waals surface area contributed by atoms with E-state index >= 15 is 0 Å². The Labute approximate surface area is 187 Å². The molecule has 8 atom stereocenters. The monoisotopic (exact) mass is 430 g/mol. The van der Waals surface area contributed by atoms with Crippen molar-refractivity contribution >= 4 is 11.8 Å². The average molecular weight is 431 g/mol. The van der Waals surface area contributed by atoms with E-state index in [1.807, 2.05) is 6.08 Å². The highest BCUT2D eigenvalue weighted by Crippen LogP contribution is 2.67. The fourth-order valence-corrected chi connectivity index (χ4v) is 8.61. The van der Waals surface area contributed by atoms with E-state index in [0.29, 0.717) is 29.5 Å². The highest BCUT2D eigenvalue weighted by Gasteiger charge is 2.59. The number of aliphatic carboxylic acids is 1. The Hall–Kier alpha value is -1.16. The Bertz CT molecular complexity index is 767. The number of carboxylic acids is 1. The molecule has 4 heteroatoms. The minimum absolute atomic E-state index is 0.240. The lowest BCUT2D eigenvalue weighted by Crippen LogP contribution is -2.51. The Kier molecular flexibility index (Phi) is 5.94. The average Bonchev–Trinajstić information content (AvgIpc) is 3.05. The lowest BCUT2D eigenvalue weighted by Gasteiger charge is -2.58. The Morgan fingerprint density at radius 1 is 1.16 bits per heavy atom. The number of fused-ring (bicyclic) bond motifs is 5. The first-order chi connectivity index (χ1) is 14.5. The van der Waals surface area contributed by atoms with Crippen LogP contribution in [0, 0.1) is 40.4 Å². The van der Waals surface area contributed by atoms with Gasteiger partial charge in [-0.3, -0.25) is 4.79 Å². The maximum absolute atomic E-state index is 12.0. The van der Waals surface area contributed by atoms with Gasteiger partial charge in [0, 0.05) is 6.42 Å². The molecule has 4 rings (SSSR count). The lowest BCUT2D eigenvalue weighted by molar-refractivity contribution is -0.157. The van der Waals surface area contributed by atoms with Gasteiger partial charge in [-0.15, -0.1) is 0 Å². The first-order valence-corrected chi connectivity index (χ1v) is 12.7. The van der Waals surface area contributed by atoms with Crippen LogP contribution in [0.1, 0.15) is 98.3 Å². The van der Waals surface area contributed by atoms with E-state index in [-0.39, 0.29) is 5.41 Å². The van der Waals surface area contributed by atoms with Crippen molar-refractivity contribution in [1.82, 2.24) is 0 Å². The molecular weight excluding hydrogens is 388 g/mol. The molecule has 0 bridgehead atoms. The van der Waals surface area contributed by atoms with Crippen molar-refractivity contribution in [2.24, 2.45) is 40.4 Å². The second kappa shape index (κ2) is 8.01. The van der Waals surface area contributed by atoms with Gasteiger partial charge in [-0.2, -0.15) is 0 Å². The summed E-state index contributed by atoms with van der Waals surface area (Å²) in [6, 6.07) is 0. The summed E-state index contributed by atoms with van der Waals surface area (Å²) in [5.74, 6) is 2.80. The fourth-order valence-electron chi connectivity index (χ4n) is 8.61. The molecule has 0 aromatic carbocycles. The second-order valence-corrected chi connectivity index (χ2v) is 12.1. The molecule has 0 spiro atoms. The van der Waals surface area contributed by atoms with Crippen LogP contribution in [0.2, 0.25) is 0 Å². The third kappa shape index (κ3) is 3.81. The predicted octanol–water partition coefficient (Wildman–Crippen LogP) is 5.78. The zero-order valence-electron chi connectivity index (χ0n) is 20.0. The summed E-state index contributed by atoms with van der Waals surface area (Å²) in [6.07, 6.45) is 13.4. The summed E-state index contributed by atoms with van der Waals surface area (Å²) in [5.41, 5.74) is 0.466. The third-order valence-corrected chi connectivity index (χ3v) is 10.5. The number of ketones is 1. The molecule has 174 valence electrons. The van der Waals surface area contributed by atoms with Crippen molar-refractivity contribution < 1.29 is 19.8 Å². The van der Waals surface area contributed by atoms with Gasteiger partial charge in [-0.1, -0.05) is 32.8 Å². The van der Waals surface area contributed by atoms with E-state index in [2.05, 4.69) is 20.8 Å². The summed E-state index contributed by atoms with van der Waals surface area (Å²) in [5, 5.41) is 19.2. The van der Waals surface area contributed by atoms with Crippen molar-refractivity contribution in [1.29, 1.82) is 0 Å². The number of carbonyl (C=O) groups excluding carboxylic acids is 1. The van der Waals surface area contributed by atoms with Crippen LogP contribution in [0.25, 0.3) is 0 Å². The summed E-state index contributed by atoms with van der Waals surface area (Å²) in [6.45, 7) is 8.77. The molecule has 3 saturated carbocycles. The van der Waals surface area contributed by atoms with Gasteiger partial charge in [0.25, 0.3) is 0 Å². The molecule has 4 aliphatic carbocycles. The van der Waals surface area contributed by atoms with E-state index in [1.165, 1.54) is 44.6 Å². The molecule has 0 radical (unpaired) electrons. The Morgan fingerprint density at radius 3 is 2.61 bits per heavy atom. The van der Waals surface area contributed by atoms with Crippen LogP contribution in [0.4, 0.5) is 0 Å². The molecule has 31 heavy (non-hydrogen) atoms. The van der Waals surface area contributed by atoms with E-state index in [4.69, 9.17) is 5.11 Å². The Morgan fingerprint density at radius 2 is 1.90 bits per heavy atom. The summed E-state index contributed by atoms with van der Waals surface area (Å²) in [7, 11) is 0. The molecule has 4 aliphatic rings. The third-order valence-electron chi connectivity index (χ3n) is 10.5. The van der Waals surface area contributed by atoms with E-state index < -0.39 is 11.6 Å². The molecule has 1 unspecified atom stereocenters.